The molecule has 0 bridgehead atoms. The van der Waals surface area contributed by atoms with E-state index in [2.05, 4.69) is 68.4 Å². The molecule has 183 valence electrons. The second-order valence-corrected chi connectivity index (χ2v) is 15.1. The summed E-state index contributed by atoms with van der Waals surface area (Å²) in [7, 11) is -1.01. The summed E-state index contributed by atoms with van der Waals surface area (Å²) in [6.07, 6.45) is -0.307. The van der Waals surface area contributed by atoms with E-state index in [-0.39, 0.29) is 23.5 Å². The van der Waals surface area contributed by atoms with Crippen molar-refractivity contribution < 1.29 is 18.8 Å². The van der Waals surface area contributed by atoms with Crippen molar-refractivity contribution in [2.24, 2.45) is 5.41 Å². The first-order valence-electron chi connectivity index (χ1n) is 10.3. The van der Waals surface area contributed by atoms with Crippen LogP contribution >= 0.6 is 57.4 Å². The molecule has 1 aliphatic heterocycles. The van der Waals surface area contributed by atoms with Gasteiger partial charge in [0, 0.05) is 10.1 Å². The summed E-state index contributed by atoms with van der Waals surface area (Å²) in [6, 6.07) is 5.01. The van der Waals surface area contributed by atoms with Crippen molar-refractivity contribution in [1.82, 2.24) is 4.90 Å². The molecular formula is C22H29Cl3IN2O4Si. The maximum absolute atomic E-state index is 13.8. The zero-order chi connectivity index (χ0) is 25.1. The maximum atomic E-state index is 13.8. The zero-order valence-corrected chi connectivity index (χ0v) is 24.7. The Morgan fingerprint density at radius 2 is 1.94 bits per heavy atom. The predicted octanol–water partition coefficient (Wildman–Crippen LogP) is 6.66. The standard InChI is InChI=1S/C22H29Cl3IN2O4Si/c1-13-9-17(18(21(2,3)4)32-33(5)6)28(11-13)19(29)15-10-14(26)7-8-16(15)27-20(30)31-12-22(23,24)25/h7-8,10,17-18H,1,9,11-12H2,2-6H3,(H,27,30)/t17-,18?/m0/s1. The Balaban J connectivity index is 2.35. The Morgan fingerprint density at radius 1 is 1.30 bits per heavy atom. The van der Waals surface area contributed by atoms with Gasteiger partial charge in [-0.25, -0.2) is 4.79 Å². The molecule has 1 aliphatic rings. The molecule has 1 saturated heterocycles. The Kier molecular flexibility index (Phi) is 9.98. The highest BCUT2D eigenvalue weighted by Gasteiger charge is 2.43. The molecule has 6 nitrogen and oxygen atoms in total. The Morgan fingerprint density at radius 3 is 2.48 bits per heavy atom. The van der Waals surface area contributed by atoms with E-state index in [0.29, 0.717) is 24.2 Å². The van der Waals surface area contributed by atoms with E-state index in [0.717, 1.165) is 9.14 Å². The van der Waals surface area contributed by atoms with Gasteiger partial charge in [0.2, 0.25) is 12.8 Å². The number of halogens is 4. The second-order valence-electron chi connectivity index (χ2n) is 9.27. The number of amides is 2. The van der Waals surface area contributed by atoms with Crippen LogP contribution in [0.25, 0.3) is 0 Å². The van der Waals surface area contributed by atoms with E-state index in [4.69, 9.17) is 44.0 Å². The lowest BCUT2D eigenvalue weighted by molar-refractivity contribution is 0.0139. The van der Waals surface area contributed by atoms with Gasteiger partial charge in [0.1, 0.15) is 6.61 Å². The van der Waals surface area contributed by atoms with Gasteiger partial charge >= 0.3 is 6.09 Å². The smallest absolute Gasteiger partial charge is 0.411 e. The van der Waals surface area contributed by atoms with E-state index >= 15 is 0 Å². The van der Waals surface area contributed by atoms with Crippen LogP contribution in [0, 0.1) is 8.99 Å². The van der Waals surface area contributed by atoms with Crippen molar-refractivity contribution in [3.05, 3.63) is 39.5 Å². The summed E-state index contributed by atoms with van der Waals surface area (Å²) in [6.45, 7) is 14.7. The molecule has 0 aliphatic carbocycles. The first kappa shape index (κ1) is 28.7. The minimum Gasteiger partial charge on any atom is -0.445 e. The number of nitrogens with zero attached hydrogens (tertiary/aromatic N) is 1. The highest BCUT2D eigenvalue weighted by Crippen LogP contribution is 2.36. The maximum Gasteiger partial charge on any atom is 0.411 e. The molecule has 1 aromatic rings. The van der Waals surface area contributed by atoms with Gasteiger partial charge in [0.15, 0.2) is 0 Å². The van der Waals surface area contributed by atoms with Crippen LogP contribution in [0.2, 0.25) is 13.1 Å². The molecule has 1 unspecified atom stereocenters. The monoisotopic (exact) mass is 645 g/mol. The predicted molar refractivity (Wildman–Crippen MR) is 145 cm³/mol. The summed E-state index contributed by atoms with van der Waals surface area (Å²) < 4.78 is 10.5. The SMILES string of the molecule is C=C1C[C@@H](C(O[Si](C)C)C(C)(C)C)N(C(=O)c2cc(I)ccc2NC(=O)OCC(Cl)(Cl)Cl)C1. The molecule has 0 spiro atoms. The fourth-order valence-corrected chi connectivity index (χ4v) is 5.33. The molecule has 2 atom stereocenters. The van der Waals surface area contributed by atoms with E-state index in [1.54, 1.807) is 23.1 Å². The zero-order valence-electron chi connectivity index (χ0n) is 19.3. The number of likely N-dealkylation sites (tertiary alicyclic amines) is 1. The van der Waals surface area contributed by atoms with Crippen LogP contribution in [-0.4, -0.2) is 55.0 Å². The van der Waals surface area contributed by atoms with Crippen LogP contribution in [-0.2, 0) is 9.16 Å². The highest BCUT2D eigenvalue weighted by atomic mass is 127. The van der Waals surface area contributed by atoms with Gasteiger partial charge in [0.05, 0.1) is 23.4 Å². The first-order valence-corrected chi connectivity index (χ1v) is 14.9. The number of hydrogen-bond acceptors (Lipinski definition) is 4. The number of ether oxygens (including phenoxy) is 1. The molecule has 0 aromatic heterocycles. The Bertz CT molecular complexity index is 903. The number of carbonyl (C=O) groups is 2. The van der Waals surface area contributed by atoms with Gasteiger partial charge in [-0.2, -0.15) is 0 Å². The largest absolute Gasteiger partial charge is 0.445 e. The fraction of sp³-hybridized carbons (Fsp3) is 0.545. The molecule has 1 radical (unpaired) electrons. The second kappa shape index (κ2) is 11.5. The van der Waals surface area contributed by atoms with E-state index in [1.165, 1.54) is 0 Å². The van der Waals surface area contributed by atoms with E-state index in [1.807, 2.05) is 0 Å². The molecule has 1 N–H and O–H groups in total. The van der Waals surface area contributed by atoms with Crippen LogP contribution in [0.5, 0.6) is 0 Å². The number of alkyl halides is 3. The third-order valence-corrected chi connectivity index (χ3v) is 6.66. The number of rotatable bonds is 6. The molecule has 0 saturated carbocycles. The molecule has 33 heavy (non-hydrogen) atoms. The molecule has 1 aromatic carbocycles. The lowest BCUT2D eigenvalue weighted by Crippen LogP contribution is -2.50. The lowest BCUT2D eigenvalue weighted by atomic mass is 9.83. The van der Waals surface area contributed by atoms with E-state index in [9.17, 15) is 9.59 Å². The summed E-state index contributed by atoms with van der Waals surface area (Å²) in [5.41, 5.74) is 1.45. The molecule has 1 heterocycles. The van der Waals surface area contributed by atoms with Crippen molar-refractivity contribution in [3.8, 4) is 0 Å². The lowest BCUT2D eigenvalue weighted by Gasteiger charge is -2.40. The van der Waals surface area contributed by atoms with E-state index < -0.39 is 25.5 Å². The average molecular weight is 647 g/mol. The highest BCUT2D eigenvalue weighted by molar-refractivity contribution is 14.1. The average Bonchev–Trinajstić information content (AvgIpc) is 3.05. The minimum atomic E-state index is -1.73. The van der Waals surface area contributed by atoms with Gasteiger partial charge in [-0.3, -0.25) is 10.1 Å². The van der Waals surface area contributed by atoms with Crippen molar-refractivity contribution >= 4 is 84.1 Å². The van der Waals surface area contributed by atoms with Gasteiger partial charge < -0.3 is 14.1 Å². The molecule has 11 heteroatoms. The number of anilines is 1. The summed E-state index contributed by atoms with van der Waals surface area (Å²) in [5.74, 6) is -0.215. The molecule has 2 rings (SSSR count). The Labute approximate surface area is 226 Å². The topological polar surface area (TPSA) is 67.9 Å². The normalized spacial score (nSPS) is 17.9. The third kappa shape index (κ3) is 8.57. The quantitative estimate of drug-likeness (QED) is 0.163. The molecule has 1 fully saturated rings. The van der Waals surface area contributed by atoms with Crippen molar-refractivity contribution in [1.29, 1.82) is 0 Å². The van der Waals surface area contributed by atoms with Crippen molar-refractivity contribution in [3.63, 3.8) is 0 Å². The minimum absolute atomic E-state index is 0.155. The van der Waals surface area contributed by atoms with Crippen molar-refractivity contribution in [2.75, 3.05) is 18.5 Å². The van der Waals surface area contributed by atoms with Crippen LogP contribution in [0.1, 0.15) is 37.6 Å². The summed E-state index contributed by atoms with van der Waals surface area (Å²) in [5, 5.41) is 2.60. The number of carbonyl (C=O) groups excluding carboxylic acids is 2. The van der Waals surface area contributed by atoms with Gasteiger partial charge in [0.25, 0.3) is 5.91 Å². The summed E-state index contributed by atoms with van der Waals surface area (Å²) >= 11 is 19.1. The van der Waals surface area contributed by atoms with Crippen LogP contribution in [0.3, 0.4) is 0 Å². The number of benzene rings is 1. The fourth-order valence-electron chi connectivity index (χ4n) is 3.66. The molecular weight excluding hydrogens is 618 g/mol. The summed E-state index contributed by atoms with van der Waals surface area (Å²) in [4.78, 5) is 27.8. The number of hydrogen-bond donors (Lipinski definition) is 1. The van der Waals surface area contributed by atoms with Gasteiger partial charge in [-0.1, -0.05) is 67.7 Å². The van der Waals surface area contributed by atoms with Crippen LogP contribution in [0.15, 0.2) is 30.4 Å². The first-order chi connectivity index (χ1) is 15.1. The van der Waals surface area contributed by atoms with Crippen LogP contribution < -0.4 is 5.32 Å². The third-order valence-electron chi connectivity index (χ3n) is 4.93. The van der Waals surface area contributed by atoms with Gasteiger partial charge in [-0.05, 0) is 65.7 Å². The molecule has 2 amide bonds. The van der Waals surface area contributed by atoms with Crippen molar-refractivity contribution in [2.45, 2.75) is 56.2 Å². The van der Waals surface area contributed by atoms with Crippen LogP contribution in [0.4, 0.5) is 10.5 Å². The van der Waals surface area contributed by atoms with Gasteiger partial charge in [-0.15, -0.1) is 0 Å². The number of nitrogens with one attached hydrogen (secondary N) is 1. The Hall–Kier alpha value is -0.523.